The molecule has 1 heterocycles. The van der Waals surface area contributed by atoms with E-state index in [1.54, 1.807) is 14.2 Å². The van der Waals surface area contributed by atoms with Gasteiger partial charge in [-0.05, 0) is 41.8 Å². The number of carbonyl (C=O) groups is 1. The van der Waals surface area contributed by atoms with Crippen molar-refractivity contribution in [2.45, 2.75) is 19.4 Å². The van der Waals surface area contributed by atoms with E-state index in [0.29, 0.717) is 44.1 Å². The number of amides is 1. The molecular formula is C20H23NO5. The Morgan fingerprint density at radius 3 is 2.46 bits per heavy atom. The minimum absolute atomic E-state index is 0.00493. The lowest BCUT2D eigenvalue weighted by atomic mass is 10.1. The molecule has 1 aliphatic rings. The van der Waals surface area contributed by atoms with Crippen LogP contribution in [0.1, 0.15) is 17.5 Å². The standard InChI is InChI=1S/C20H23NO5/c1-23-16-6-4-15(12-18(16)24-2)13-21-20(22)8-5-14-3-7-17-19(11-14)26-10-9-25-17/h3-4,6-7,11-12H,5,8-10,13H2,1-2H3,(H,21,22). The molecule has 6 heteroatoms. The average molecular weight is 357 g/mol. The number of carbonyl (C=O) groups excluding carboxylic acids is 1. The molecule has 26 heavy (non-hydrogen) atoms. The Hall–Kier alpha value is -2.89. The molecule has 2 aromatic rings. The maximum absolute atomic E-state index is 12.1. The van der Waals surface area contributed by atoms with Gasteiger partial charge in [0.05, 0.1) is 14.2 Å². The van der Waals surface area contributed by atoms with E-state index in [0.717, 1.165) is 22.6 Å². The van der Waals surface area contributed by atoms with Crippen LogP contribution in [0.15, 0.2) is 36.4 Å². The summed E-state index contributed by atoms with van der Waals surface area (Å²) in [6.45, 7) is 1.58. The third kappa shape index (κ3) is 4.39. The Labute approximate surface area is 153 Å². The van der Waals surface area contributed by atoms with E-state index in [4.69, 9.17) is 18.9 Å². The van der Waals surface area contributed by atoms with Crippen LogP contribution < -0.4 is 24.3 Å². The fraction of sp³-hybridized carbons (Fsp3) is 0.350. The molecule has 0 atom stereocenters. The van der Waals surface area contributed by atoms with Crippen molar-refractivity contribution in [3.8, 4) is 23.0 Å². The van der Waals surface area contributed by atoms with Crippen molar-refractivity contribution in [3.05, 3.63) is 47.5 Å². The van der Waals surface area contributed by atoms with Crippen LogP contribution in [0.25, 0.3) is 0 Å². The van der Waals surface area contributed by atoms with Crippen LogP contribution in [0.4, 0.5) is 0 Å². The maximum Gasteiger partial charge on any atom is 0.220 e. The highest BCUT2D eigenvalue weighted by atomic mass is 16.6. The molecule has 6 nitrogen and oxygen atoms in total. The summed E-state index contributed by atoms with van der Waals surface area (Å²) in [6.07, 6.45) is 1.06. The Kier molecular flexibility index (Phi) is 5.84. The van der Waals surface area contributed by atoms with Gasteiger partial charge in [-0.15, -0.1) is 0 Å². The summed E-state index contributed by atoms with van der Waals surface area (Å²) in [7, 11) is 3.19. The number of rotatable bonds is 7. The Morgan fingerprint density at radius 2 is 1.69 bits per heavy atom. The van der Waals surface area contributed by atoms with E-state index in [9.17, 15) is 4.79 Å². The summed E-state index contributed by atoms with van der Waals surface area (Å²) in [4.78, 5) is 12.1. The van der Waals surface area contributed by atoms with Crippen molar-refractivity contribution in [2.75, 3.05) is 27.4 Å². The van der Waals surface area contributed by atoms with Crippen LogP contribution in [0, 0.1) is 0 Å². The number of aryl methyl sites for hydroxylation is 1. The van der Waals surface area contributed by atoms with E-state index in [-0.39, 0.29) is 5.91 Å². The second kappa shape index (κ2) is 8.47. The van der Waals surface area contributed by atoms with Crippen LogP contribution in [0.2, 0.25) is 0 Å². The van der Waals surface area contributed by atoms with Crippen LogP contribution >= 0.6 is 0 Å². The number of benzene rings is 2. The largest absolute Gasteiger partial charge is 0.493 e. The van der Waals surface area contributed by atoms with Crippen molar-refractivity contribution in [2.24, 2.45) is 0 Å². The summed E-state index contributed by atoms with van der Waals surface area (Å²) >= 11 is 0. The fourth-order valence-corrected chi connectivity index (χ4v) is 2.78. The highest BCUT2D eigenvalue weighted by Gasteiger charge is 2.12. The summed E-state index contributed by atoms with van der Waals surface area (Å²) in [5.41, 5.74) is 2.01. The third-order valence-electron chi connectivity index (χ3n) is 4.18. The fourth-order valence-electron chi connectivity index (χ4n) is 2.78. The lowest BCUT2D eigenvalue weighted by Crippen LogP contribution is -2.23. The van der Waals surface area contributed by atoms with Crippen LogP contribution in [0.5, 0.6) is 23.0 Å². The van der Waals surface area contributed by atoms with E-state index in [2.05, 4.69) is 5.32 Å². The van der Waals surface area contributed by atoms with Gasteiger partial charge in [-0.1, -0.05) is 12.1 Å². The molecule has 0 spiro atoms. The minimum atomic E-state index is -0.00493. The zero-order valence-electron chi connectivity index (χ0n) is 15.0. The summed E-state index contributed by atoms with van der Waals surface area (Å²) < 4.78 is 21.6. The highest BCUT2D eigenvalue weighted by molar-refractivity contribution is 5.76. The molecule has 0 aromatic heterocycles. The van der Waals surface area contributed by atoms with Crippen molar-refractivity contribution in [1.82, 2.24) is 5.32 Å². The smallest absolute Gasteiger partial charge is 0.220 e. The first-order valence-electron chi connectivity index (χ1n) is 8.55. The molecular weight excluding hydrogens is 334 g/mol. The summed E-state index contributed by atoms with van der Waals surface area (Å²) in [6, 6.07) is 11.4. The average Bonchev–Trinajstić information content (AvgIpc) is 2.70. The van der Waals surface area contributed by atoms with E-state index in [1.165, 1.54) is 0 Å². The quantitative estimate of drug-likeness (QED) is 0.825. The van der Waals surface area contributed by atoms with Gasteiger partial charge in [-0.2, -0.15) is 0 Å². The highest BCUT2D eigenvalue weighted by Crippen LogP contribution is 2.31. The predicted octanol–water partition coefficient (Wildman–Crippen LogP) is 2.72. The predicted molar refractivity (Wildman–Crippen MR) is 97.1 cm³/mol. The number of hydrogen-bond acceptors (Lipinski definition) is 5. The molecule has 0 radical (unpaired) electrons. The molecule has 0 fully saturated rings. The first-order valence-corrected chi connectivity index (χ1v) is 8.55. The number of methoxy groups -OCH3 is 2. The zero-order valence-corrected chi connectivity index (χ0v) is 15.0. The van der Waals surface area contributed by atoms with Crippen LogP contribution in [0.3, 0.4) is 0 Å². The molecule has 0 bridgehead atoms. The summed E-state index contributed by atoms with van der Waals surface area (Å²) in [5, 5.41) is 2.93. The minimum Gasteiger partial charge on any atom is -0.493 e. The van der Waals surface area contributed by atoms with Crippen LogP contribution in [-0.4, -0.2) is 33.3 Å². The Bertz CT molecular complexity index is 729. The number of hydrogen-bond donors (Lipinski definition) is 1. The lowest BCUT2D eigenvalue weighted by Gasteiger charge is -2.18. The van der Waals surface area contributed by atoms with Gasteiger partial charge in [-0.25, -0.2) is 0 Å². The van der Waals surface area contributed by atoms with Gasteiger partial charge in [-0.3, -0.25) is 4.79 Å². The molecule has 0 saturated heterocycles. The monoisotopic (exact) mass is 357 g/mol. The van der Waals surface area contributed by atoms with Gasteiger partial charge in [0.25, 0.3) is 0 Å². The van der Waals surface area contributed by atoms with Crippen molar-refractivity contribution in [1.29, 1.82) is 0 Å². The van der Waals surface area contributed by atoms with Gasteiger partial charge >= 0.3 is 0 Å². The van der Waals surface area contributed by atoms with Crippen LogP contribution in [-0.2, 0) is 17.8 Å². The molecule has 1 amide bonds. The zero-order chi connectivity index (χ0) is 18.4. The molecule has 0 aliphatic carbocycles. The molecule has 1 aliphatic heterocycles. The first kappa shape index (κ1) is 17.9. The van der Waals surface area contributed by atoms with Gasteiger partial charge < -0.3 is 24.3 Å². The van der Waals surface area contributed by atoms with Gasteiger partial charge in [0, 0.05) is 13.0 Å². The molecule has 3 rings (SSSR count). The van der Waals surface area contributed by atoms with E-state index >= 15 is 0 Å². The molecule has 138 valence electrons. The topological polar surface area (TPSA) is 66.0 Å². The van der Waals surface area contributed by atoms with Gasteiger partial charge in [0.2, 0.25) is 5.91 Å². The van der Waals surface area contributed by atoms with Crippen molar-refractivity contribution >= 4 is 5.91 Å². The number of fused-ring (bicyclic) bond motifs is 1. The Balaban J connectivity index is 1.50. The van der Waals surface area contributed by atoms with Crippen molar-refractivity contribution < 1.29 is 23.7 Å². The normalized spacial score (nSPS) is 12.4. The maximum atomic E-state index is 12.1. The first-order chi connectivity index (χ1) is 12.7. The molecule has 0 unspecified atom stereocenters. The van der Waals surface area contributed by atoms with Gasteiger partial charge in [0.1, 0.15) is 13.2 Å². The number of nitrogens with one attached hydrogen (secondary N) is 1. The van der Waals surface area contributed by atoms with Gasteiger partial charge in [0.15, 0.2) is 23.0 Å². The molecule has 0 saturated carbocycles. The molecule has 1 N–H and O–H groups in total. The Morgan fingerprint density at radius 1 is 0.962 bits per heavy atom. The van der Waals surface area contributed by atoms with E-state index in [1.807, 2.05) is 36.4 Å². The molecule has 2 aromatic carbocycles. The summed E-state index contributed by atoms with van der Waals surface area (Å²) in [5.74, 6) is 2.82. The van der Waals surface area contributed by atoms with Crippen molar-refractivity contribution in [3.63, 3.8) is 0 Å². The number of ether oxygens (including phenoxy) is 4. The van der Waals surface area contributed by atoms with E-state index < -0.39 is 0 Å². The third-order valence-corrected chi connectivity index (χ3v) is 4.18. The second-order valence-electron chi connectivity index (χ2n) is 5.94. The lowest BCUT2D eigenvalue weighted by molar-refractivity contribution is -0.121. The SMILES string of the molecule is COc1ccc(CNC(=O)CCc2ccc3c(c2)OCCO3)cc1OC. The second-order valence-corrected chi connectivity index (χ2v) is 5.94.